The Balaban J connectivity index is 1.54. The second-order valence-corrected chi connectivity index (χ2v) is 8.32. The number of hydrogen-bond acceptors (Lipinski definition) is 4. The molecule has 0 heterocycles. The lowest BCUT2D eigenvalue weighted by Crippen LogP contribution is -2.34. The van der Waals surface area contributed by atoms with Crippen LogP contribution in [0.4, 0.5) is 0 Å². The normalized spacial score (nSPS) is 15.6. The number of amides is 1. The van der Waals surface area contributed by atoms with Crippen molar-refractivity contribution in [3.05, 3.63) is 66.2 Å². The molecule has 0 aliphatic heterocycles. The second-order valence-electron chi connectivity index (χ2n) is 7.14. The smallest absolute Gasteiger partial charge is 0.324 e. The number of carbonyl (C=O) groups excluding carboxylic acids is 2. The van der Waals surface area contributed by atoms with Gasteiger partial charge in [0.15, 0.2) is 6.61 Å². The van der Waals surface area contributed by atoms with E-state index in [1.807, 2.05) is 60.7 Å². The van der Waals surface area contributed by atoms with Gasteiger partial charge >= 0.3 is 5.97 Å². The van der Waals surface area contributed by atoms with Crippen molar-refractivity contribution in [1.82, 2.24) is 5.32 Å². The molecule has 1 amide bonds. The van der Waals surface area contributed by atoms with E-state index < -0.39 is 11.2 Å². The molecule has 0 aromatic heterocycles. The average molecular weight is 398 g/mol. The van der Waals surface area contributed by atoms with E-state index in [0.717, 1.165) is 10.5 Å². The zero-order valence-electron chi connectivity index (χ0n) is 16.0. The van der Waals surface area contributed by atoms with E-state index in [0.29, 0.717) is 12.5 Å². The molecule has 1 N–H and O–H groups in total. The molecule has 1 fully saturated rings. The molecule has 3 rings (SSSR count). The molecule has 2 aromatic carbocycles. The van der Waals surface area contributed by atoms with Crippen molar-refractivity contribution in [2.75, 3.05) is 13.2 Å². The summed E-state index contributed by atoms with van der Waals surface area (Å²) in [5.74, 6) is -0.0672. The molecule has 0 saturated heterocycles. The minimum Gasteiger partial charge on any atom is -0.454 e. The molecule has 1 aliphatic carbocycles. The molecule has 148 valence electrons. The number of hydrogen-bond donors (Lipinski definition) is 1. The highest BCUT2D eigenvalue weighted by Gasteiger charge is 2.24. The first-order valence-corrected chi connectivity index (χ1v) is 10.8. The number of thioether (sulfide) groups is 1. The monoisotopic (exact) mass is 397 g/mol. The number of carbonyl (C=O) groups is 2. The van der Waals surface area contributed by atoms with Crippen molar-refractivity contribution in [3.8, 4) is 0 Å². The van der Waals surface area contributed by atoms with Crippen LogP contribution in [-0.2, 0) is 14.3 Å². The largest absolute Gasteiger partial charge is 0.454 e. The van der Waals surface area contributed by atoms with Gasteiger partial charge in [-0.25, -0.2) is 0 Å². The van der Waals surface area contributed by atoms with Crippen molar-refractivity contribution in [2.24, 2.45) is 5.92 Å². The quantitative estimate of drug-likeness (QED) is 0.515. The molecule has 1 atom stereocenters. The van der Waals surface area contributed by atoms with Crippen LogP contribution in [0.25, 0.3) is 0 Å². The van der Waals surface area contributed by atoms with Gasteiger partial charge in [-0.1, -0.05) is 67.8 Å². The summed E-state index contributed by atoms with van der Waals surface area (Å²) >= 11 is 1.43. The molecule has 1 aliphatic rings. The Morgan fingerprint density at radius 1 is 0.964 bits per heavy atom. The van der Waals surface area contributed by atoms with Gasteiger partial charge in [-0.15, -0.1) is 11.8 Å². The summed E-state index contributed by atoms with van der Waals surface area (Å²) in [6.45, 7) is 0.446. The van der Waals surface area contributed by atoms with Gasteiger partial charge in [-0.3, -0.25) is 9.59 Å². The van der Waals surface area contributed by atoms with Crippen LogP contribution < -0.4 is 5.32 Å². The Bertz CT molecular complexity index is 745. The molecular formula is C23H27NO3S. The third kappa shape index (κ3) is 6.41. The highest BCUT2D eigenvalue weighted by molar-refractivity contribution is 8.00. The molecule has 0 unspecified atom stereocenters. The minimum atomic E-state index is -0.505. The highest BCUT2D eigenvalue weighted by Crippen LogP contribution is 2.36. The molecule has 0 radical (unpaired) electrons. The fourth-order valence-corrected chi connectivity index (χ4v) is 4.47. The summed E-state index contributed by atoms with van der Waals surface area (Å²) in [6, 6.07) is 19.3. The number of esters is 1. The summed E-state index contributed by atoms with van der Waals surface area (Å²) in [5, 5.41) is 2.41. The van der Waals surface area contributed by atoms with Gasteiger partial charge < -0.3 is 10.1 Å². The van der Waals surface area contributed by atoms with E-state index in [1.165, 1.54) is 43.9 Å². The van der Waals surface area contributed by atoms with Gasteiger partial charge in [0.1, 0.15) is 5.25 Å². The van der Waals surface area contributed by atoms with Crippen LogP contribution in [0.15, 0.2) is 65.6 Å². The molecule has 5 heteroatoms. The van der Waals surface area contributed by atoms with Gasteiger partial charge in [-0.2, -0.15) is 0 Å². The zero-order valence-corrected chi connectivity index (χ0v) is 16.8. The van der Waals surface area contributed by atoms with Crippen molar-refractivity contribution < 1.29 is 14.3 Å². The van der Waals surface area contributed by atoms with Crippen LogP contribution in [0.1, 0.15) is 42.9 Å². The lowest BCUT2D eigenvalue weighted by atomic mass is 9.89. The van der Waals surface area contributed by atoms with E-state index in [9.17, 15) is 9.59 Å². The first-order chi connectivity index (χ1) is 13.7. The van der Waals surface area contributed by atoms with Gasteiger partial charge in [-0.05, 0) is 36.5 Å². The Hall–Kier alpha value is -2.27. The topological polar surface area (TPSA) is 55.4 Å². The van der Waals surface area contributed by atoms with Gasteiger partial charge in [0.25, 0.3) is 5.91 Å². The van der Waals surface area contributed by atoms with Crippen molar-refractivity contribution in [1.29, 1.82) is 0 Å². The zero-order chi connectivity index (χ0) is 19.6. The van der Waals surface area contributed by atoms with E-state index in [4.69, 9.17) is 4.74 Å². The summed E-state index contributed by atoms with van der Waals surface area (Å²) in [7, 11) is 0. The Kier molecular flexibility index (Phi) is 7.97. The van der Waals surface area contributed by atoms with Crippen LogP contribution >= 0.6 is 11.8 Å². The summed E-state index contributed by atoms with van der Waals surface area (Å²) in [4.78, 5) is 25.8. The van der Waals surface area contributed by atoms with Crippen LogP contribution in [0.2, 0.25) is 0 Å². The average Bonchev–Trinajstić information content (AvgIpc) is 2.76. The van der Waals surface area contributed by atoms with Crippen LogP contribution in [-0.4, -0.2) is 25.0 Å². The van der Waals surface area contributed by atoms with Gasteiger partial charge in [0, 0.05) is 11.4 Å². The molecule has 0 bridgehead atoms. The third-order valence-corrected chi connectivity index (χ3v) is 6.22. The Morgan fingerprint density at radius 3 is 2.29 bits per heavy atom. The van der Waals surface area contributed by atoms with Gasteiger partial charge in [0.2, 0.25) is 0 Å². The highest BCUT2D eigenvalue weighted by atomic mass is 32.2. The summed E-state index contributed by atoms with van der Waals surface area (Å²) < 4.78 is 5.36. The third-order valence-electron chi connectivity index (χ3n) is 4.97. The van der Waals surface area contributed by atoms with E-state index >= 15 is 0 Å². The molecular weight excluding hydrogens is 370 g/mol. The Morgan fingerprint density at radius 2 is 1.61 bits per heavy atom. The van der Waals surface area contributed by atoms with E-state index in [1.54, 1.807) is 0 Å². The van der Waals surface area contributed by atoms with Crippen molar-refractivity contribution >= 4 is 23.6 Å². The molecule has 4 nitrogen and oxygen atoms in total. The number of ether oxygens (including phenoxy) is 1. The van der Waals surface area contributed by atoms with Crippen molar-refractivity contribution in [2.45, 2.75) is 42.2 Å². The van der Waals surface area contributed by atoms with Crippen LogP contribution in [0.3, 0.4) is 0 Å². The minimum absolute atomic E-state index is 0.226. The van der Waals surface area contributed by atoms with E-state index in [-0.39, 0.29) is 12.5 Å². The molecule has 1 saturated carbocycles. The number of nitrogens with one attached hydrogen (secondary N) is 1. The first-order valence-electron chi connectivity index (χ1n) is 9.92. The SMILES string of the molecule is O=C(COC(=O)[C@@H](Sc1ccccc1)c1ccccc1)NCC1CCCCC1. The Labute approximate surface area is 171 Å². The predicted octanol–water partition coefficient (Wildman–Crippen LogP) is 4.76. The molecule has 28 heavy (non-hydrogen) atoms. The van der Waals surface area contributed by atoms with E-state index in [2.05, 4.69) is 5.32 Å². The summed E-state index contributed by atoms with van der Waals surface area (Å²) in [6.07, 6.45) is 6.12. The first kappa shape index (κ1) is 20.5. The number of benzene rings is 2. The fourth-order valence-electron chi connectivity index (χ4n) is 3.43. The molecule has 2 aromatic rings. The lowest BCUT2D eigenvalue weighted by molar-refractivity contribution is -0.148. The van der Waals surface area contributed by atoms with Crippen LogP contribution in [0, 0.1) is 5.92 Å². The van der Waals surface area contributed by atoms with Crippen molar-refractivity contribution in [3.63, 3.8) is 0 Å². The van der Waals surface area contributed by atoms with Gasteiger partial charge in [0.05, 0.1) is 0 Å². The fraction of sp³-hybridized carbons (Fsp3) is 0.391. The van der Waals surface area contributed by atoms with Crippen LogP contribution in [0.5, 0.6) is 0 Å². The maximum Gasteiger partial charge on any atom is 0.324 e. The lowest BCUT2D eigenvalue weighted by Gasteiger charge is -2.21. The maximum absolute atomic E-state index is 12.7. The second kappa shape index (κ2) is 10.9. The predicted molar refractivity (Wildman–Crippen MR) is 112 cm³/mol. The standard InChI is InChI=1S/C23H27NO3S/c25-21(24-16-18-10-4-1-5-11-18)17-27-23(26)22(19-12-6-2-7-13-19)28-20-14-8-3-9-15-20/h2-3,6-9,12-15,18,22H,1,4-5,10-11,16-17H2,(H,24,25)/t22-/m0/s1. The molecule has 0 spiro atoms. The maximum atomic E-state index is 12.7. The number of rotatable bonds is 8. The summed E-state index contributed by atoms with van der Waals surface area (Å²) in [5.41, 5.74) is 0.865.